The molecule has 2 amide bonds. The minimum absolute atomic E-state index is 0. The number of nitrogens with one attached hydrogen (secondary N) is 1. The molecule has 9 nitrogen and oxygen atoms in total. The molecule has 2 atom stereocenters. The fraction of sp³-hybridized carbons (Fsp3) is 0.500. The van der Waals surface area contributed by atoms with Crippen molar-refractivity contribution < 1.29 is 23.8 Å². The van der Waals surface area contributed by atoms with Crippen LogP contribution in [0, 0.1) is 5.41 Å². The first-order valence-corrected chi connectivity index (χ1v) is 18.2. The molecule has 1 saturated heterocycles. The van der Waals surface area contributed by atoms with E-state index >= 15 is 0 Å². The van der Waals surface area contributed by atoms with Crippen LogP contribution >= 0.6 is 36.4 Å². The van der Waals surface area contributed by atoms with Crippen LogP contribution in [0.2, 0.25) is 5.02 Å². The number of rotatable bonds is 14. The third-order valence-electron chi connectivity index (χ3n) is 9.15. The van der Waals surface area contributed by atoms with E-state index in [-0.39, 0.29) is 48.5 Å². The Bertz CT molecular complexity index is 1580. The first kappa shape index (κ1) is 43.4. The molecule has 0 unspecified atom stereocenters. The summed E-state index contributed by atoms with van der Waals surface area (Å²) in [5.74, 6) is 0.786. The number of hydrogen-bond donors (Lipinski definition) is 1. The molecule has 52 heavy (non-hydrogen) atoms. The third-order valence-corrected chi connectivity index (χ3v) is 9.39. The number of benzene rings is 3. The maximum absolute atomic E-state index is 14.4. The van der Waals surface area contributed by atoms with Crippen LogP contribution < -0.4 is 19.7 Å². The lowest BCUT2D eigenvalue weighted by molar-refractivity contribution is -0.143. The summed E-state index contributed by atoms with van der Waals surface area (Å²) in [5, 5.41) is 3.81. The molecule has 2 aliphatic rings. The number of nitrogens with zero attached hydrogens (tertiary/aromatic N) is 3. The van der Waals surface area contributed by atoms with Crippen LogP contribution in [-0.4, -0.2) is 94.3 Å². The fourth-order valence-electron chi connectivity index (χ4n) is 6.68. The van der Waals surface area contributed by atoms with Crippen molar-refractivity contribution >= 4 is 53.9 Å². The molecule has 0 bridgehead atoms. The predicted octanol–water partition coefficient (Wildman–Crippen LogP) is 7.21. The van der Waals surface area contributed by atoms with E-state index in [4.69, 9.17) is 25.8 Å². The molecule has 2 heterocycles. The summed E-state index contributed by atoms with van der Waals surface area (Å²) in [6.07, 6.45) is 1.19. The standard InChI is InChI=1S/C40H53ClN4O5.2ClH/c1-40(2,3)28-45-33-18-17-30(41)26-32(33)37(50-35(39(45)47)27-36(46)44-23-19-42-20-24-44)31-15-9-16-34(38(31)48-5)49-25-11-22-43(4)21-10-14-29-12-7-6-8-13-29;;/h6-9,12-13,15-18,26,35,37,42H,10-11,14,19-25,27-28H2,1-5H3;2*1H/t35-,37-;;/m1../s1. The summed E-state index contributed by atoms with van der Waals surface area (Å²) in [5.41, 5.74) is 3.29. The minimum Gasteiger partial charge on any atom is -0.492 e. The van der Waals surface area contributed by atoms with Crippen LogP contribution in [0.3, 0.4) is 0 Å². The van der Waals surface area contributed by atoms with Gasteiger partial charge in [0.2, 0.25) is 5.91 Å². The van der Waals surface area contributed by atoms with Crippen molar-refractivity contribution in [3.05, 3.63) is 88.4 Å². The highest BCUT2D eigenvalue weighted by molar-refractivity contribution is 6.30. The van der Waals surface area contributed by atoms with Gasteiger partial charge < -0.3 is 34.2 Å². The highest BCUT2D eigenvalue weighted by Crippen LogP contribution is 2.45. The third kappa shape index (κ3) is 11.7. The van der Waals surface area contributed by atoms with Gasteiger partial charge in [0.1, 0.15) is 12.2 Å². The van der Waals surface area contributed by atoms with Gasteiger partial charge in [-0.15, -0.1) is 24.8 Å². The number of anilines is 1. The maximum Gasteiger partial charge on any atom is 0.256 e. The van der Waals surface area contributed by atoms with Crippen LogP contribution in [0.25, 0.3) is 0 Å². The number of amides is 2. The molecule has 0 spiro atoms. The Hall–Kier alpha value is -3.05. The monoisotopic (exact) mass is 776 g/mol. The summed E-state index contributed by atoms with van der Waals surface area (Å²) in [6, 6.07) is 21.8. The van der Waals surface area contributed by atoms with Crippen molar-refractivity contribution in [3.8, 4) is 11.5 Å². The molecule has 0 radical (unpaired) electrons. The lowest BCUT2D eigenvalue weighted by atomic mass is 9.94. The minimum atomic E-state index is -1.01. The number of aryl methyl sites for hydroxylation is 1. The molecular formula is C40H55Cl3N4O5. The molecule has 0 aromatic heterocycles. The summed E-state index contributed by atoms with van der Waals surface area (Å²) in [4.78, 5) is 33.8. The second-order valence-corrected chi connectivity index (χ2v) is 14.9. The number of carbonyl (C=O) groups is 2. The Morgan fingerprint density at radius 1 is 0.981 bits per heavy atom. The normalized spacial score (nSPS) is 17.5. The zero-order valence-electron chi connectivity index (χ0n) is 31.1. The predicted molar refractivity (Wildman–Crippen MR) is 214 cm³/mol. The van der Waals surface area contributed by atoms with Gasteiger partial charge in [0.15, 0.2) is 11.5 Å². The van der Waals surface area contributed by atoms with Crippen molar-refractivity contribution in [1.29, 1.82) is 0 Å². The quantitative estimate of drug-likeness (QED) is 0.173. The van der Waals surface area contributed by atoms with Gasteiger partial charge in [-0.3, -0.25) is 9.59 Å². The Kier molecular flexibility index (Phi) is 17.0. The molecule has 2 aliphatic heterocycles. The Balaban J connectivity index is 0.00000364. The number of piperazine rings is 1. The van der Waals surface area contributed by atoms with Crippen molar-refractivity contribution in [2.75, 3.05) is 71.5 Å². The van der Waals surface area contributed by atoms with Gasteiger partial charge >= 0.3 is 0 Å². The van der Waals surface area contributed by atoms with Crippen molar-refractivity contribution in [3.63, 3.8) is 0 Å². The van der Waals surface area contributed by atoms with E-state index in [9.17, 15) is 9.59 Å². The smallest absolute Gasteiger partial charge is 0.256 e. The zero-order valence-corrected chi connectivity index (χ0v) is 33.5. The highest BCUT2D eigenvalue weighted by Gasteiger charge is 2.40. The van der Waals surface area contributed by atoms with E-state index in [0.29, 0.717) is 54.0 Å². The molecule has 1 N–H and O–H groups in total. The zero-order chi connectivity index (χ0) is 35.7. The maximum atomic E-state index is 14.4. The van der Waals surface area contributed by atoms with Crippen LogP contribution in [0.5, 0.6) is 11.5 Å². The number of fused-ring (bicyclic) bond motifs is 1. The van der Waals surface area contributed by atoms with Crippen molar-refractivity contribution in [2.45, 2.75) is 58.7 Å². The largest absolute Gasteiger partial charge is 0.492 e. The average Bonchev–Trinajstić information content (AvgIpc) is 3.20. The molecule has 286 valence electrons. The molecule has 3 aromatic rings. The van der Waals surface area contributed by atoms with Crippen molar-refractivity contribution in [2.24, 2.45) is 5.41 Å². The number of carbonyl (C=O) groups excluding carboxylic acids is 2. The fourth-order valence-corrected chi connectivity index (χ4v) is 6.86. The van der Waals surface area contributed by atoms with Gasteiger partial charge in [0.25, 0.3) is 5.91 Å². The molecular weight excluding hydrogens is 723 g/mol. The van der Waals surface area contributed by atoms with E-state index in [0.717, 1.165) is 51.0 Å². The molecule has 1 fully saturated rings. The number of halogens is 3. The van der Waals surface area contributed by atoms with E-state index in [2.05, 4.69) is 68.4 Å². The second-order valence-electron chi connectivity index (χ2n) is 14.5. The van der Waals surface area contributed by atoms with Gasteiger partial charge in [-0.1, -0.05) is 74.8 Å². The Labute approximate surface area is 327 Å². The van der Waals surface area contributed by atoms with E-state index in [1.165, 1.54) is 5.56 Å². The second kappa shape index (κ2) is 20.4. The van der Waals surface area contributed by atoms with E-state index in [1.54, 1.807) is 23.0 Å². The highest BCUT2D eigenvalue weighted by atomic mass is 35.5. The first-order valence-electron chi connectivity index (χ1n) is 17.8. The molecule has 3 aromatic carbocycles. The van der Waals surface area contributed by atoms with Gasteiger partial charge in [-0.25, -0.2) is 0 Å². The van der Waals surface area contributed by atoms with E-state index < -0.39 is 12.2 Å². The summed E-state index contributed by atoms with van der Waals surface area (Å²) in [6.45, 7) is 11.8. The van der Waals surface area contributed by atoms with Gasteiger partial charge in [0, 0.05) is 61.1 Å². The number of methoxy groups -OCH3 is 1. The number of ether oxygens (including phenoxy) is 3. The SMILES string of the molecule is COc1c(OCCCN(C)CCCc2ccccc2)cccc1[C@H]1O[C@H](CC(=O)N2CCNCC2)C(=O)N(CC(C)(C)C)c2ccc(Cl)cc21.Cl.Cl. The lowest BCUT2D eigenvalue weighted by Crippen LogP contribution is -2.49. The van der Waals surface area contributed by atoms with Crippen LogP contribution in [-0.2, 0) is 20.7 Å². The molecule has 0 saturated carbocycles. The number of hydrogen-bond acceptors (Lipinski definition) is 7. The van der Waals surface area contributed by atoms with Crippen LogP contribution in [0.1, 0.15) is 62.8 Å². The van der Waals surface area contributed by atoms with Crippen molar-refractivity contribution in [1.82, 2.24) is 15.1 Å². The molecule has 5 rings (SSSR count). The van der Waals surface area contributed by atoms with Crippen LogP contribution in [0.15, 0.2) is 66.7 Å². The Morgan fingerprint density at radius 2 is 1.69 bits per heavy atom. The summed E-state index contributed by atoms with van der Waals surface area (Å²) < 4.78 is 19.1. The summed E-state index contributed by atoms with van der Waals surface area (Å²) in [7, 11) is 3.76. The van der Waals surface area contributed by atoms with Gasteiger partial charge in [0.05, 0.1) is 20.1 Å². The first-order chi connectivity index (χ1) is 24.0. The molecule has 12 heteroatoms. The Morgan fingerprint density at radius 3 is 2.38 bits per heavy atom. The van der Waals surface area contributed by atoms with E-state index in [1.807, 2.05) is 30.3 Å². The topological polar surface area (TPSA) is 83.6 Å². The van der Waals surface area contributed by atoms with Crippen LogP contribution in [0.4, 0.5) is 5.69 Å². The average molecular weight is 778 g/mol. The summed E-state index contributed by atoms with van der Waals surface area (Å²) >= 11 is 6.61. The lowest BCUT2D eigenvalue weighted by Gasteiger charge is -2.32. The number of para-hydroxylation sites is 1. The molecule has 0 aliphatic carbocycles. The van der Waals surface area contributed by atoms with Gasteiger partial charge in [-0.2, -0.15) is 0 Å². The van der Waals surface area contributed by atoms with Gasteiger partial charge in [-0.05, 0) is 68.1 Å².